The molecule has 0 aliphatic carbocycles. The van der Waals surface area contributed by atoms with E-state index in [9.17, 15) is 13.2 Å². The molecule has 238 valence electrons. The number of anilines is 4. The molecule has 0 spiro atoms. The maximum Gasteiger partial charge on any atom is 0.228 e. The highest BCUT2D eigenvalue weighted by atomic mass is 32.2. The van der Waals surface area contributed by atoms with Gasteiger partial charge in [0.2, 0.25) is 11.9 Å². The summed E-state index contributed by atoms with van der Waals surface area (Å²) in [5.41, 5.74) is 6.37. The number of carbonyl (C=O) groups is 1. The van der Waals surface area contributed by atoms with Crippen molar-refractivity contribution in [2.45, 2.75) is 6.42 Å². The van der Waals surface area contributed by atoms with Crippen molar-refractivity contribution in [3.63, 3.8) is 0 Å². The Morgan fingerprint density at radius 3 is 2.57 bits per heavy atom. The first kappa shape index (κ1) is 30.4. The number of nitrogens with zero attached hydrogens (tertiary/aromatic N) is 5. The van der Waals surface area contributed by atoms with E-state index in [1.165, 1.54) is 11.3 Å². The molecule has 3 aromatic carbocycles. The fraction of sp³-hybridized carbons (Fsp3) is 0.176. The molecule has 2 N–H and O–H groups in total. The molecule has 1 saturated heterocycles. The van der Waals surface area contributed by atoms with Crippen LogP contribution in [0.5, 0.6) is 5.75 Å². The summed E-state index contributed by atoms with van der Waals surface area (Å²) in [5.74, 6) is 1.34. The number of rotatable bonds is 9. The number of nitrogens with one attached hydrogen (secondary N) is 2. The molecule has 1 fully saturated rings. The quantitative estimate of drug-likeness (QED) is 0.200. The molecule has 13 heteroatoms. The lowest BCUT2D eigenvalue weighted by atomic mass is 10.1. The maximum absolute atomic E-state index is 12.9. The molecule has 11 nitrogen and oxygen atoms in total. The van der Waals surface area contributed by atoms with Crippen molar-refractivity contribution >= 4 is 55.1 Å². The Kier molecular flexibility index (Phi) is 8.31. The van der Waals surface area contributed by atoms with Crippen molar-refractivity contribution in [1.29, 1.82) is 0 Å². The fourth-order valence-electron chi connectivity index (χ4n) is 5.56. The topological polar surface area (TPSA) is 131 Å². The van der Waals surface area contributed by atoms with Gasteiger partial charge in [0.1, 0.15) is 11.4 Å². The molecular weight excluding hydrogens is 635 g/mol. The van der Waals surface area contributed by atoms with Crippen LogP contribution in [0, 0.1) is 0 Å². The van der Waals surface area contributed by atoms with E-state index in [4.69, 9.17) is 14.7 Å². The Balaban J connectivity index is 1.11. The van der Waals surface area contributed by atoms with Crippen LogP contribution in [0.4, 0.5) is 23.0 Å². The van der Waals surface area contributed by atoms with Crippen LogP contribution in [0.2, 0.25) is 0 Å². The molecule has 7 rings (SSSR count). The monoisotopic (exact) mass is 665 g/mol. The van der Waals surface area contributed by atoms with Gasteiger partial charge in [0.05, 0.1) is 36.4 Å². The first-order chi connectivity index (χ1) is 22.8. The Morgan fingerprint density at radius 1 is 0.957 bits per heavy atom. The molecule has 0 saturated carbocycles. The second-order valence-corrected chi connectivity index (χ2v) is 14.3. The first-order valence-electron chi connectivity index (χ1n) is 15.0. The lowest BCUT2D eigenvalue weighted by molar-refractivity contribution is -0.115. The van der Waals surface area contributed by atoms with Gasteiger partial charge < -0.3 is 20.3 Å². The number of methoxy groups -OCH3 is 1. The van der Waals surface area contributed by atoms with Gasteiger partial charge >= 0.3 is 0 Å². The van der Waals surface area contributed by atoms with Crippen LogP contribution < -0.4 is 20.3 Å². The summed E-state index contributed by atoms with van der Waals surface area (Å²) in [5, 5.41) is 8.28. The van der Waals surface area contributed by atoms with Gasteiger partial charge in [-0.2, -0.15) is 0 Å². The minimum absolute atomic E-state index is 0.134. The SMILES string of the molecule is COc1cccc(CC(=O)Nc2cccc(-c3nc4sccn4c3-c3ccnc(Nc4ccc(N5CCS(=O)(=O)CC5)cc4)n3)c2)c1. The Hall–Kier alpha value is -5.27. The van der Waals surface area contributed by atoms with E-state index >= 15 is 0 Å². The molecule has 0 bridgehead atoms. The minimum atomic E-state index is -2.94. The Morgan fingerprint density at radius 2 is 1.77 bits per heavy atom. The molecule has 1 aliphatic heterocycles. The zero-order valence-corrected chi connectivity index (χ0v) is 27.1. The van der Waals surface area contributed by atoms with Gasteiger partial charge in [0.15, 0.2) is 14.8 Å². The number of amides is 1. The summed E-state index contributed by atoms with van der Waals surface area (Å²) in [4.78, 5) is 30.0. The van der Waals surface area contributed by atoms with Crippen LogP contribution >= 0.6 is 11.3 Å². The number of ether oxygens (including phenoxy) is 1. The van der Waals surface area contributed by atoms with Gasteiger partial charge in [-0.25, -0.2) is 23.4 Å². The van der Waals surface area contributed by atoms with Crippen LogP contribution in [0.25, 0.3) is 27.6 Å². The number of sulfone groups is 1. The van der Waals surface area contributed by atoms with E-state index < -0.39 is 9.84 Å². The first-order valence-corrected chi connectivity index (χ1v) is 17.7. The molecule has 4 heterocycles. The number of carbonyl (C=O) groups excluding carboxylic acids is 1. The summed E-state index contributed by atoms with van der Waals surface area (Å²) < 4.78 is 30.9. The van der Waals surface area contributed by atoms with Crippen LogP contribution in [0.1, 0.15) is 5.56 Å². The highest BCUT2D eigenvalue weighted by Gasteiger charge is 2.22. The van der Waals surface area contributed by atoms with Crippen molar-refractivity contribution in [1.82, 2.24) is 19.4 Å². The number of hydrogen-bond acceptors (Lipinski definition) is 10. The van der Waals surface area contributed by atoms with Crippen molar-refractivity contribution in [2.24, 2.45) is 0 Å². The van der Waals surface area contributed by atoms with Crippen LogP contribution in [0.15, 0.2) is 96.6 Å². The van der Waals surface area contributed by atoms with E-state index in [0.717, 1.165) is 38.9 Å². The maximum atomic E-state index is 12.9. The molecule has 47 heavy (non-hydrogen) atoms. The van der Waals surface area contributed by atoms with Crippen molar-refractivity contribution in [3.8, 4) is 28.4 Å². The molecule has 6 aromatic rings. The van der Waals surface area contributed by atoms with Crippen LogP contribution in [0.3, 0.4) is 0 Å². The fourth-order valence-corrected chi connectivity index (χ4v) is 7.47. The average molecular weight is 666 g/mol. The van der Waals surface area contributed by atoms with E-state index in [1.807, 2.05) is 94.8 Å². The Bertz CT molecular complexity index is 2160. The van der Waals surface area contributed by atoms with E-state index in [0.29, 0.717) is 36.2 Å². The lowest BCUT2D eigenvalue weighted by Gasteiger charge is -2.28. The van der Waals surface area contributed by atoms with Crippen molar-refractivity contribution in [3.05, 3.63) is 102 Å². The van der Waals surface area contributed by atoms with Gasteiger partial charge in [-0.3, -0.25) is 9.20 Å². The van der Waals surface area contributed by atoms with Gasteiger partial charge in [0, 0.05) is 53.5 Å². The summed E-state index contributed by atoms with van der Waals surface area (Å²) in [6.07, 6.45) is 3.89. The van der Waals surface area contributed by atoms with Crippen LogP contribution in [-0.2, 0) is 21.1 Å². The van der Waals surface area contributed by atoms with Crippen molar-refractivity contribution in [2.75, 3.05) is 47.2 Å². The third-order valence-electron chi connectivity index (χ3n) is 7.91. The summed E-state index contributed by atoms with van der Waals surface area (Å²) in [6.45, 7) is 0.979. The largest absolute Gasteiger partial charge is 0.497 e. The summed E-state index contributed by atoms with van der Waals surface area (Å²) in [7, 11) is -1.34. The van der Waals surface area contributed by atoms with Gasteiger partial charge in [-0.05, 0) is 60.2 Å². The van der Waals surface area contributed by atoms with E-state index in [-0.39, 0.29) is 23.8 Å². The van der Waals surface area contributed by atoms with Gasteiger partial charge in [-0.1, -0.05) is 24.3 Å². The molecule has 1 aliphatic rings. The highest BCUT2D eigenvalue weighted by Crippen LogP contribution is 2.35. The second kappa shape index (κ2) is 12.9. The molecule has 0 unspecified atom stereocenters. The number of hydrogen-bond donors (Lipinski definition) is 2. The number of fused-ring (bicyclic) bond motifs is 1. The molecule has 3 aromatic heterocycles. The third-order valence-corrected chi connectivity index (χ3v) is 10.3. The third kappa shape index (κ3) is 6.81. The zero-order valence-electron chi connectivity index (χ0n) is 25.5. The van der Waals surface area contributed by atoms with Gasteiger partial charge in [0.25, 0.3) is 0 Å². The zero-order chi connectivity index (χ0) is 32.4. The number of benzene rings is 3. The van der Waals surface area contributed by atoms with E-state index in [2.05, 4.69) is 20.5 Å². The molecule has 1 amide bonds. The smallest absolute Gasteiger partial charge is 0.228 e. The highest BCUT2D eigenvalue weighted by molar-refractivity contribution is 7.91. The Labute approximate surface area is 275 Å². The number of imidazole rings is 1. The normalized spacial score (nSPS) is 14.2. The average Bonchev–Trinajstić information content (AvgIpc) is 3.68. The number of aromatic nitrogens is 4. The predicted octanol–water partition coefficient (Wildman–Crippen LogP) is 5.69. The summed E-state index contributed by atoms with van der Waals surface area (Å²) in [6, 6.07) is 24.8. The minimum Gasteiger partial charge on any atom is -0.497 e. The molecule has 0 radical (unpaired) electrons. The second-order valence-electron chi connectivity index (χ2n) is 11.1. The van der Waals surface area contributed by atoms with Crippen LogP contribution in [-0.4, -0.2) is 65.4 Å². The standard InChI is InChI=1S/C34H31N7O4S2/c1-45-28-7-2-4-23(20-28)21-30(42)36-26-6-3-5-24(22-26)31-32(41-14-17-46-34(41)39-31)29-12-13-35-33(38-29)37-25-8-10-27(11-9-25)40-15-18-47(43,44)19-16-40/h2-14,17,20,22H,15-16,18-19,21H2,1H3,(H,36,42)(H,35,37,38). The number of thiazole rings is 1. The predicted molar refractivity (Wildman–Crippen MR) is 185 cm³/mol. The van der Waals surface area contributed by atoms with Gasteiger partial charge in [-0.15, -0.1) is 11.3 Å². The van der Waals surface area contributed by atoms with Crippen molar-refractivity contribution < 1.29 is 17.9 Å². The lowest BCUT2D eigenvalue weighted by Crippen LogP contribution is -2.40. The van der Waals surface area contributed by atoms with E-state index in [1.54, 1.807) is 13.3 Å². The molecule has 0 atom stereocenters. The summed E-state index contributed by atoms with van der Waals surface area (Å²) >= 11 is 1.53. The molecular formula is C34H31N7O4S2.